The molecule has 0 bridgehead atoms. The van der Waals surface area contributed by atoms with Crippen molar-refractivity contribution in [2.45, 2.75) is 50.0 Å². The molecular weight excluding hydrogens is 440 g/mol. The number of aliphatic hydroxyl groups excluding tert-OH is 1. The van der Waals surface area contributed by atoms with Crippen LogP contribution in [0, 0.1) is 0 Å². The molecule has 3 amide bonds. The smallest absolute Gasteiger partial charge is 0.328 e. The molecule has 5 unspecified atom stereocenters. The lowest BCUT2D eigenvalue weighted by Crippen LogP contribution is -2.58. The summed E-state index contributed by atoms with van der Waals surface area (Å²) in [5, 5.41) is 34.1. The minimum atomic E-state index is -1.57. The van der Waals surface area contributed by atoms with Crippen LogP contribution in [0.2, 0.25) is 0 Å². The Morgan fingerprint density at radius 2 is 1.53 bits per heavy atom. The molecule has 0 aromatic carbocycles. The Labute approximate surface area is 183 Å². The maximum atomic E-state index is 12.5. The van der Waals surface area contributed by atoms with Crippen LogP contribution >= 0.6 is 24.4 Å². The van der Waals surface area contributed by atoms with Gasteiger partial charge in [0.1, 0.15) is 12.1 Å². The molecule has 0 aromatic rings. The molecule has 0 heterocycles. The molecule has 30 heavy (non-hydrogen) atoms. The van der Waals surface area contributed by atoms with E-state index in [4.69, 9.17) is 15.9 Å². The molecule has 0 aliphatic rings. The summed E-state index contributed by atoms with van der Waals surface area (Å²) < 4.78 is 0. The maximum Gasteiger partial charge on any atom is 0.328 e. The molecule has 0 spiro atoms. The Morgan fingerprint density at radius 1 is 1.00 bits per heavy atom. The average molecular weight is 469 g/mol. The van der Waals surface area contributed by atoms with E-state index in [1.807, 2.05) is 0 Å². The van der Waals surface area contributed by atoms with E-state index in [1.165, 1.54) is 18.7 Å². The van der Waals surface area contributed by atoms with Crippen molar-refractivity contribution in [2.75, 3.05) is 17.8 Å². The van der Waals surface area contributed by atoms with Crippen molar-refractivity contribution in [2.24, 2.45) is 5.73 Å². The predicted molar refractivity (Wildman–Crippen MR) is 112 cm³/mol. The number of thiol groups is 1. The molecule has 0 saturated carbocycles. The number of rotatable bonds is 14. The fraction of sp³-hybridized carbons (Fsp3) is 0.688. The summed E-state index contributed by atoms with van der Waals surface area (Å²) in [4.78, 5) is 58.7. The van der Waals surface area contributed by atoms with Gasteiger partial charge in [-0.3, -0.25) is 19.2 Å². The number of carboxylic acids is 2. The minimum Gasteiger partial charge on any atom is -0.481 e. The number of nitrogens with two attached hydrogens (primary N) is 1. The van der Waals surface area contributed by atoms with E-state index >= 15 is 0 Å². The Morgan fingerprint density at radius 3 is 1.97 bits per heavy atom. The molecule has 0 aromatic heterocycles. The summed E-state index contributed by atoms with van der Waals surface area (Å²) in [6.07, 6.45) is -0.0887. The zero-order valence-electron chi connectivity index (χ0n) is 16.5. The number of thioether (sulfide) groups is 1. The van der Waals surface area contributed by atoms with Crippen LogP contribution in [-0.4, -0.2) is 93.0 Å². The number of aliphatic carboxylic acids is 2. The Balaban J connectivity index is 5.21. The molecule has 172 valence electrons. The van der Waals surface area contributed by atoms with Crippen molar-refractivity contribution >= 4 is 54.1 Å². The number of carbonyl (C=O) groups excluding carboxylic acids is 3. The van der Waals surface area contributed by atoms with Gasteiger partial charge in [-0.1, -0.05) is 0 Å². The zero-order chi connectivity index (χ0) is 23.4. The molecule has 0 rings (SSSR count). The van der Waals surface area contributed by atoms with E-state index < -0.39 is 66.4 Å². The molecular formula is C16H28N4O8S2. The number of carbonyl (C=O) groups is 5. The van der Waals surface area contributed by atoms with E-state index in [0.717, 1.165) is 0 Å². The lowest BCUT2D eigenvalue weighted by Gasteiger charge is -2.25. The maximum absolute atomic E-state index is 12.5. The normalized spacial score (nSPS) is 15.8. The molecule has 0 aliphatic carbocycles. The quantitative estimate of drug-likeness (QED) is 0.125. The van der Waals surface area contributed by atoms with Crippen molar-refractivity contribution < 1.29 is 39.3 Å². The summed E-state index contributed by atoms with van der Waals surface area (Å²) in [5.41, 5.74) is 5.45. The SMILES string of the molecule is CSCCC(NC(=O)C(CS)NC(=O)C(N)CC(=O)O)C(=O)NC(C(=O)O)C(C)O. The number of aliphatic hydroxyl groups is 1. The minimum absolute atomic E-state index is 0.149. The average Bonchev–Trinajstić information content (AvgIpc) is 2.65. The molecule has 0 saturated heterocycles. The fourth-order valence-corrected chi connectivity index (χ4v) is 2.90. The van der Waals surface area contributed by atoms with Crippen LogP contribution in [-0.2, 0) is 24.0 Å². The first-order valence-corrected chi connectivity index (χ1v) is 10.9. The molecule has 0 fully saturated rings. The summed E-state index contributed by atoms with van der Waals surface area (Å²) in [7, 11) is 0. The van der Waals surface area contributed by atoms with Crippen LogP contribution in [0.1, 0.15) is 19.8 Å². The van der Waals surface area contributed by atoms with Gasteiger partial charge in [0.15, 0.2) is 6.04 Å². The topological polar surface area (TPSA) is 208 Å². The van der Waals surface area contributed by atoms with E-state index in [2.05, 4.69) is 28.6 Å². The van der Waals surface area contributed by atoms with E-state index in [0.29, 0.717) is 5.75 Å². The first-order chi connectivity index (χ1) is 13.9. The van der Waals surface area contributed by atoms with E-state index in [1.54, 1.807) is 6.26 Å². The highest BCUT2D eigenvalue weighted by molar-refractivity contribution is 7.98. The Hall–Kier alpha value is -2.03. The number of hydrogen-bond donors (Lipinski definition) is 8. The van der Waals surface area contributed by atoms with Gasteiger partial charge in [-0.05, 0) is 25.4 Å². The van der Waals surface area contributed by atoms with Crippen LogP contribution in [0.25, 0.3) is 0 Å². The lowest BCUT2D eigenvalue weighted by molar-refractivity contribution is -0.145. The molecule has 0 aliphatic heterocycles. The van der Waals surface area contributed by atoms with Gasteiger partial charge in [-0.15, -0.1) is 0 Å². The van der Waals surface area contributed by atoms with Crippen molar-refractivity contribution in [1.29, 1.82) is 0 Å². The predicted octanol–water partition coefficient (Wildman–Crippen LogP) is -2.61. The van der Waals surface area contributed by atoms with Crippen molar-refractivity contribution in [3.63, 3.8) is 0 Å². The number of nitrogens with one attached hydrogen (secondary N) is 3. The van der Waals surface area contributed by atoms with Crippen LogP contribution in [0.15, 0.2) is 0 Å². The van der Waals surface area contributed by atoms with Crippen molar-refractivity contribution in [1.82, 2.24) is 16.0 Å². The monoisotopic (exact) mass is 468 g/mol. The van der Waals surface area contributed by atoms with Gasteiger partial charge >= 0.3 is 11.9 Å². The van der Waals surface area contributed by atoms with Crippen molar-refractivity contribution in [3.05, 3.63) is 0 Å². The summed E-state index contributed by atoms with van der Waals surface area (Å²) in [6.45, 7) is 1.20. The van der Waals surface area contributed by atoms with Gasteiger partial charge in [-0.2, -0.15) is 24.4 Å². The third-order valence-electron chi connectivity index (χ3n) is 3.84. The Kier molecular flexibility index (Phi) is 13.1. The van der Waals surface area contributed by atoms with E-state index in [-0.39, 0.29) is 12.2 Å². The molecule has 12 nitrogen and oxygen atoms in total. The van der Waals surface area contributed by atoms with Crippen LogP contribution in [0.5, 0.6) is 0 Å². The van der Waals surface area contributed by atoms with Gasteiger partial charge in [-0.25, -0.2) is 4.79 Å². The van der Waals surface area contributed by atoms with Gasteiger partial charge in [0, 0.05) is 5.75 Å². The second kappa shape index (κ2) is 14.1. The fourth-order valence-electron chi connectivity index (χ4n) is 2.17. The highest BCUT2D eigenvalue weighted by atomic mass is 32.2. The first kappa shape index (κ1) is 28.0. The third kappa shape index (κ3) is 10.1. The van der Waals surface area contributed by atoms with Gasteiger partial charge in [0.05, 0.1) is 18.6 Å². The summed E-state index contributed by atoms with van der Waals surface area (Å²) in [6, 6.07) is -5.30. The zero-order valence-corrected chi connectivity index (χ0v) is 18.2. The summed E-state index contributed by atoms with van der Waals surface area (Å²) >= 11 is 5.36. The van der Waals surface area contributed by atoms with Crippen LogP contribution in [0.4, 0.5) is 0 Å². The van der Waals surface area contributed by atoms with Gasteiger partial charge in [0.2, 0.25) is 17.7 Å². The highest BCUT2D eigenvalue weighted by Crippen LogP contribution is 2.04. The molecule has 8 N–H and O–H groups in total. The Bertz CT molecular complexity index is 634. The molecule has 0 radical (unpaired) electrons. The third-order valence-corrected chi connectivity index (χ3v) is 4.85. The second-order valence-electron chi connectivity index (χ2n) is 6.36. The molecule has 14 heteroatoms. The highest BCUT2D eigenvalue weighted by Gasteiger charge is 2.31. The largest absolute Gasteiger partial charge is 0.481 e. The van der Waals surface area contributed by atoms with Gasteiger partial charge in [0.25, 0.3) is 0 Å². The van der Waals surface area contributed by atoms with Crippen LogP contribution in [0.3, 0.4) is 0 Å². The van der Waals surface area contributed by atoms with Crippen molar-refractivity contribution in [3.8, 4) is 0 Å². The van der Waals surface area contributed by atoms with E-state index in [9.17, 15) is 29.1 Å². The molecule has 5 atom stereocenters. The summed E-state index contributed by atoms with van der Waals surface area (Å²) in [5.74, 6) is -4.93. The number of hydrogen-bond acceptors (Lipinski definition) is 9. The first-order valence-electron chi connectivity index (χ1n) is 8.83. The van der Waals surface area contributed by atoms with Crippen LogP contribution < -0.4 is 21.7 Å². The standard InChI is InChI=1S/C16H28N4O8S2/c1-7(21)12(16(27)28)20-14(25)9(3-4-30-2)18-15(26)10(6-29)19-13(24)8(17)5-11(22)23/h7-10,12,21,29H,3-6,17H2,1-2H3,(H,18,26)(H,19,24)(H,20,25)(H,22,23)(H,27,28). The number of carboxylic acid groups (broad SMARTS) is 2. The second-order valence-corrected chi connectivity index (χ2v) is 7.71. The number of amides is 3. The van der Waals surface area contributed by atoms with Gasteiger partial charge < -0.3 is 37.0 Å². The lowest BCUT2D eigenvalue weighted by atomic mass is 10.1.